The van der Waals surface area contributed by atoms with Crippen LogP contribution >= 0.6 is 23.1 Å². The molecular weight excluding hydrogens is 681 g/mol. The lowest BCUT2D eigenvalue weighted by Gasteiger charge is -2.26. The number of morpholine rings is 2. The summed E-state index contributed by atoms with van der Waals surface area (Å²) in [4.78, 5) is 45.2. The summed E-state index contributed by atoms with van der Waals surface area (Å²) < 4.78 is 45.4. The molecule has 17 heteroatoms. The molecule has 3 saturated heterocycles. The maximum atomic E-state index is 14.0. The van der Waals surface area contributed by atoms with Gasteiger partial charge in [0.2, 0.25) is 17.7 Å². The van der Waals surface area contributed by atoms with E-state index < -0.39 is 31.5 Å². The van der Waals surface area contributed by atoms with Gasteiger partial charge >= 0.3 is 0 Å². The zero-order valence-electron chi connectivity index (χ0n) is 25.7. The van der Waals surface area contributed by atoms with Crippen molar-refractivity contribution in [2.24, 2.45) is 0 Å². The van der Waals surface area contributed by atoms with E-state index in [1.54, 1.807) is 4.90 Å². The van der Waals surface area contributed by atoms with Crippen LogP contribution in [0.15, 0.2) is 46.9 Å². The second-order valence-electron chi connectivity index (χ2n) is 11.5. The Morgan fingerprint density at radius 1 is 0.958 bits per heavy atom. The van der Waals surface area contributed by atoms with Crippen molar-refractivity contribution >= 4 is 60.2 Å². The van der Waals surface area contributed by atoms with E-state index in [4.69, 9.17) is 18.9 Å². The molecule has 0 spiro atoms. The second-order valence-corrected chi connectivity index (χ2v) is 16.0. The molecule has 2 unspecified atom stereocenters. The molecule has 5 heterocycles. The molecule has 3 aliphatic rings. The molecular formula is C31H32N6O8S3. The number of fused-ring (bicyclic) bond motifs is 1. The van der Waals surface area contributed by atoms with Gasteiger partial charge in [0.25, 0.3) is 11.1 Å². The maximum Gasteiger partial charge on any atom is 0.286 e. The SMILES string of the molecule is O=C1NC(=O)C(Cc2nnc(C(c3nc4ccc(-c5ccc(C(=O)N6CCOCC6)cc5)cc4s3)S(=O)(=O)CCN3CCOCC3)o2)S1. The van der Waals surface area contributed by atoms with Crippen LogP contribution in [0, 0.1) is 0 Å². The number of benzene rings is 2. The quantitative estimate of drug-likeness (QED) is 0.254. The minimum Gasteiger partial charge on any atom is -0.423 e. The van der Waals surface area contributed by atoms with Crippen LogP contribution in [-0.2, 0) is 30.5 Å². The van der Waals surface area contributed by atoms with Crippen LogP contribution in [0.3, 0.4) is 0 Å². The van der Waals surface area contributed by atoms with Crippen molar-refractivity contribution in [1.82, 2.24) is 30.3 Å². The van der Waals surface area contributed by atoms with E-state index in [0.29, 0.717) is 70.2 Å². The van der Waals surface area contributed by atoms with Crippen LogP contribution in [0.5, 0.6) is 0 Å². The van der Waals surface area contributed by atoms with Gasteiger partial charge in [0, 0.05) is 44.7 Å². The topological polar surface area (TPSA) is 174 Å². The molecule has 0 bridgehead atoms. The van der Waals surface area contributed by atoms with Gasteiger partial charge in [-0.1, -0.05) is 30.0 Å². The number of rotatable bonds is 10. The smallest absolute Gasteiger partial charge is 0.286 e. The normalized spacial score (nSPS) is 19.9. The van der Waals surface area contributed by atoms with E-state index in [1.807, 2.05) is 47.4 Å². The Bertz CT molecular complexity index is 1930. The van der Waals surface area contributed by atoms with Crippen LogP contribution in [0.2, 0.25) is 0 Å². The summed E-state index contributed by atoms with van der Waals surface area (Å²) >= 11 is 2.06. The summed E-state index contributed by atoms with van der Waals surface area (Å²) in [6.45, 7) is 4.86. The fourth-order valence-electron chi connectivity index (χ4n) is 5.74. The standard InChI is InChI=1S/C31H32N6O8S3/c38-27-24(47-31(40)33-27)18-25-34-35-28(45-25)26(48(41,42)16-11-36-7-12-43-13-8-36)29-32-22-6-5-21(17-23(22)46-29)19-1-3-20(4-2-19)30(39)37-9-14-44-15-10-37/h1-6,17,24,26H,7-16,18H2,(H,33,38,40). The molecule has 2 aromatic carbocycles. The number of nitrogens with zero attached hydrogens (tertiary/aromatic N) is 5. The molecule has 252 valence electrons. The van der Waals surface area contributed by atoms with Gasteiger partial charge < -0.3 is 18.8 Å². The first-order valence-corrected chi connectivity index (χ1v) is 18.9. The molecule has 1 N–H and O–H groups in total. The van der Waals surface area contributed by atoms with Gasteiger partial charge in [0.15, 0.2) is 15.1 Å². The number of sulfone groups is 1. The Labute approximate surface area is 284 Å². The van der Waals surface area contributed by atoms with Gasteiger partial charge in [-0.05, 0) is 35.4 Å². The summed E-state index contributed by atoms with van der Waals surface area (Å²) in [5.41, 5.74) is 3.00. The van der Waals surface area contributed by atoms with Crippen molar-refractivity contribution in [3.63, 3.8) is 0 Å². The van der Waals surface area contributed by atoms with Crippen LogP contribution in [0.4, 0.5) is 4.79 Å². The summed E-state index contributed by atoms with van der Waals surface area (Å²) in [6.07, 6.45) is -0.0180. The van der Waals surface area contributed by atoms with E-state index in [-0.39, 0.29) is 34.9 Å². The molecule has 0 saturated carbocycles. The lowest BCUT2D eigenvalue weighted by Crippen LogP contribution is -2.40. The Morgan fingerprint density at radius 2 is 1.67 bits per heavy atom. The number of amides is 3. The Kier molecular flexibility index (Phi) is 9.57. The van der Waals surface area contributed by atoms with Crippen molar-refractivity contribution in [1.29, 1.82) is 0 Å². The number of hydrogen-bond donors (Lipinski definition) is 1. The lowest BCUT2D eigenvalue weighted by atomic mass is 10.0. The highest BCUT2D eigenvalue weighted by Crippen LogP contribution is 2.37. The highest BCUT2D eigenvalue weighted by Gasteiger charge is 2.38. The van der Waals surface area contributed by atoms with Crippen LogP contribution in [0.25, 0.3) is 21.3 Å². The number of imide groups is 1. The number of carbonyl (C=O) groups excluding carboxylic acids is 3. The molecule has 14 nitrogen and oxygen atoms in total. The molecule has 48 heavy (non-hydrogen) atoms. The fourth-order valence-corrected chi connectivity index (χ4v) is 9.63. The lowest BCUT2D eigenvalue weighted by molar-refractivity contribution is -0.119. The zero-order valence-corrected chi connectivity index (χ0v) is 28.2. The first-order valence-electron chi connectivity index (χ1n) is 15.5. The summed E-state index contributed by atoms with van der Waals surface area (Å²) in [5.74, 6) is -0.737. The molecule has 3 fully saturated rings. The Morgan fingerprint density at radius 3 is 2.38 bits per heavy atom. The second kappa shape index (κ2) is 14.0. The van der Waals surface area contributed by atoms with Gasteiger partial charge in [-0.25, -0.2) is 13.4 Å². The van der Waals surface area contributed by atoms with Gasteiger partial charge in [-0.2, -0.15) is 0 Å². The van der Waals surface area contributed by atoms with Gasteiger partial charge in [-0.3, -0.25) is 24.6 Å². The highest BCUT2D eigenvalue weighted by molar-refractivity contribution is 8.15. The van der Waals surface area contributed by atoms with Crippen molar-refractivity contribution in [3.05, 3.63) is 64.8 Å². The number of thioether (sulfide) groups is 1. The van der Waals surface area contributed by atoms with Gasteiger partial charge in [-0.15, -0.1) is 21.5 Å². The van der Waals surface area contributed by atoms with Crippen molar-refractivity contribution in [3.8, 4) is 11.1 Å². The predicted molar refractivity (Wildman–Crippen MR) is 178 cm³/mol. The molecule has 0 aliphatic carbocycles. The van der Waals surface area contributed by atoms with E-state index >= 15 is 0 Å². The first kappa shape index (κ1) is 32.8. The molecule has 3 aliphatic heterocycles. The number of carbonyl (C=O) groups is 3. The van der Waals surface area contributed by atoms with Gasteiger partial charge in [0.1, 0.15) is 10.3 Å². The van der Waals surface area contributed by atoms with Crippen LogP contribution in [-0.4, -0.2) is 121 Å². The minimum atomic E-state index is -3.91. The number of hydrogen-bond acceptors (Lipinski definition) is 14. The molecule has 3 amide bonds. The van der Waals surface area contributed by atoms with Crippen molar-refractivity contribution in [2.75, 3.05) is 64.9 Å². The third-order valence-electron chi connectivity index (χ3n) is 8.38. The number of thiazole rings is 1. The minimum absolute atomic E-state index is 0.0180. The summed E-state index contributed by atoms with van der Waals surface area (Å²) in [7, 11) is -3.91. The van der Waals surface area contributed by atoms with Crippen LogP contribution < -0.4 is 5.32 Å². The van der Waals surface area contributed by atoms with E-state index in [1.165, 1.54) is 11.3 Å². The average molecular weight is 713 g/mol. The van der Waals surface area contributed by atoms with Gasteiger partial charge in [0.05, 0.1) is 42.4 Å². The molecule has 2 aromatic heterocycles. The van der Waals surface area contributed by atoms with Crippen molar-refractivity contribution in [2.45, 2.75) is 16.9 Å². The molecule has 2 atom stereocenters. The first-order chi connectivity index (χ1) is 23.2. The molecule has 7 rings (SSSR count). The Hall–Kier alpha value is -3.74. The van der Waals surface area contributed by atoms with E-state index in [9.17, 15) is 22.8 Å². The van der Waals surface area contributed by atoms with Crippen molar-refractivity contribution < 1.29 is 36.7 Å². The summed E-state index contributed by atoms with van der Waals surface area (Å²) in [6, 6.07) is 13.1. The molecule has 0 radical (unpaired) electrons. The maximum absolute atomic E-state index is 14.0. The van der Waals surface area contributed by atoms with E-state index in [2.05, 4.69) is 15.5 Å². The largest absolute Gasteiger partial charge is 0.423 e. The zero-order chi connectivity index (χ0) is 33.3. The number of ether oxygens (including phenoxy) is 2. The third-order valence-corrected chi connectivity index (χ3v) is 12.5. The Balaban J connectivity index is 1.16. The summed E-state index contributed by atoms with van der Waals surface area (Å²) in [5, 5.41) is 8.13. The predicted octanol–water partition coefficient (Wildman–Crippen LogP) is 2.55. The third kappa shape index (κ3) is 7.16. The van der Waals surface area contributed by atoms with E-state index in [0.717, 1.165) is 27.6 Å². The number of aromatic nitrogens is 3. The highest BCUT2D eigenvalue weighted by atomic mass is 32.2. The molecule has 4 aromatic rings. The average Bonchev–Trinajstić information content (AvgIpc) is 3.82. The fraction of sp³-hybridized carbons (Fsp3) is 0.419. The monoisotopic (exact) mass is 712 g/mol. The number of nitrogens with one attached hydrogen (secondary N) is 1. The van der Waals surface area contributed by atoms with Crippen LogP contribution in [0.1, 0.15) is 32.4 Å².